The Labute approximate surface area is 131 Å². The molecule has 0 unspecified atom stereocenters. The Bertz CT molecular complexity index is 714. The predicted molar refractivity (Wildman–Crippen MR) is 88.8 cm³/mol. The Morgan fingerprint density at radius 2 is 1.55 bits per heavy atom. The van der Waals surface area contributed by atoms with E-state index < -0.39 is 0 Å². The van der Waals surface area contributed by atoms with Crippen LogP contribution in [-0.2, 0) is 4.79 Å². The molecule has 2 aromatic carbocycles. The van der Waals surface area contributed by atoms with Crippen LogP contribution in [0.1, 0.15) is 41.6 Å². The van der Waals surface area contributed by atoms with E-state index in [-0.39, 0.29) is 11.9 Å². The van der Waals surface area contributed by atoms with Crippen LogP contribution in [0, 0.1) is 13.8 Å². The first-order valence-electron chi connectivity index (χ1n) is 7.55. The molecule has 0 N–H and O–H groups in total. The number of aryl methyl sites for hydroxylation is 2. The van der Waals surface area contributed by atoms with Gasteiger partial charge in [-0.25, -0.2) is 5.01 Å². The lowest BCUT2D eigenvalue weighted by Gasteiger charge is -2.20. The van der Waals surface area contributed by atoms with Crippen LogP contribution in [0.2, 0.25) is 0 Å². The average Bonchev–Trinajstić information content (AvgIpc) is 2.94. The van der Waals surface area contributed by atoms with Crippen LogP contribution in [0.15, 0.2) is 53.6 Å². The van der Waals surface area contributed by atoms with Crippen LogP contribution in [0.25, 0.3) is 0 Å². The zero-order valence-electron chi connectivity index (χ0n) is 13.2. The van der Waals surface area contributed by atoms with Crippen molar-refractivity contribution in [2.45, 2.75) is 33.2 Å². The Morgan fingerprint density at radius 1 is 1.00 bits per heavy atom. The van der Waals surface area contributed by atoms with E-state index in [1.807, 2.05) is 0 Å². The topological polar surface area (TPSA) is 32.7 Å². The first-order chi connectivity index (χ1) is 10.5. The smallest absolute Gasteiger partial charge is 0.240 e. The highest BCUT2D eigenvalue weighted by molar-refractivity contribution is 6.03. The van der Waals surface area contributed by atoms with Gasteiger partial charge in [-0.15, -0.1) is 0 Å². The fourth-order valence-corrected chi connectivity index (χ4v) is 2.77. The molecule has 112 valence electrons. The summed E-state index contributed by atoms with van der Waals surface area (Å²) in [4.78, 5) is 11.9. The Morgan fingerprint density at radius 3 is 2.09 bits per heavy atom. The zero-order chi connectivity index (χ0) is 15.7. The third kappa shape index (κ3) is 2.80. The summed E-state index contributed by atoms with van der Waals surface area (Å²) in [7, 11) is 0. The fraction of sp³-hybridized carbons (Fsp3) is 0.263. The molecule has 0 radical (unpaired) electrons. The number of carbonyl (C=O) groups excluding carboxylic acids is 1. The lowest BCUT2D eigenvalue weighted by molar-refractivity contribution is -0.130. The van der Waals surface area contributed by atoms with Crippen molar-refractivity contribution in [2.24, 2.45) is 5.10 Å². The van der Waals surface area contributed by atoms with E-state index in [4.69, 9.17) is 0 Å². The lowest BCUT2D eigenvalue weighted by atomic mass is 9.97. The van der Waals surface area contributed by atoms with E-state index in [9.17, 15) is 4.79 Å². The summed E-state index contributed by atoms with van der Waals surface area (Å²) < 4.78 is 0. The molecule has 3 rings (SSSR count). The van der Waals surface area contributed by atoms with E-state index in [1.54, 1.807) is 11.9 Å². The second-order valence-electron chi connectivity index (χ2n) is 5.91. The molecule has 3 heteroatoms. The molecule has 0 aromatic heterocycles. The lowest BCUT2D eigenvalue weighted by Crippen LogP contribution is -2.24. The first kappa shape index (κ1) is 14.5. The molecule has 1 amide bonds. The predicted octanol–water partition coefficient (Wildman–Crippen LogP) is 4.00. The van der Waals surface area contributed by atoms with Gasteiger partial charge in [0.1, 0.15) is 0 Å². The molecule has 0 spiro atoms. The highest BCUT2D eigenvalue weighted by Gasteiger charge is 2.31. The third-order valence-corrected chi connectivity index (χ3v) is 4.08. The van der Waals surface area contributed by atoms with E-state index in [0.29, 0.717) is 0 Å². The molecule has 0 fully saturated rings. The van der Waals surface area contributed by atoms with Gasteiger partial charge in [0.15, 0.2) is 0 Å². The number of hydrogen-bond acceptors (Lipinski definition) is 2. The average molecular weight is 292 g/mol. The second-order valence-corrected chi connectivity index (χ2v) is 5.91. The van der Waals surface area contributed by atoms with Crippen molar-refractivity contribution in [3.8, 4) is 0 Å². The molecule has 1 aliphatic heterocycles. The third-order valence-electron chi connectivity index (χ3n) is 4.08. The molecule has 1 atom stereocenters. The van der Waals surface area contributed by atoms with Crippen molar-refractivity contribution in [2.75, 3.05) is 0 Å². The summed E-state index contributed by atoms with van der Waals surface area (Å²) in [5.74, 6) is -0.0207. The largest absolute Gasteiger partial charge is 0.273 e. The number of hydrazone groups is 1. The molecule has 1 heterocycles. The van der Waals surface area contributed by atoms with Crippen LogP contribution in [-0.4, -0.2) is 16.6 Å². The van der Waals surface area contributed by atoms with Crippen LogP contribution in [0.4, 0.5) is 0 Å². The number of carbonyl (C=O) groups is 1. The maximum Gasteiger partial charge on any atom is 0.240 e. The molecule has 0 aliphatic carbocycles. The summed E-state index contributed by atoms with van der Waals surface area (Å²) in [5.41, 5.74) is 5.63. The van der Waals surface area contributed by atoms with Gasteiger partial charge in [-0.3, -0.25) is 4.79 Å². The zero-order valence-corrected chi connectivity index (χ0v) is 13.2. The van der Waals surface area contributed by atoms with Gasteiger partial charge in [-0.05, 0) is 25.0 Å². The summed E-state index contributed by atoms with van der Waals surface area (Å²) in [6.45, 7) is 5.70. The van der Waals surface area contributed by atoms with Gasteiger partial charge in [-0.2, -0.15) is 5.10 Å². The van der Waals surface area contributed by atoms with E-state index in [1.165, 1.54) is 11.1 Å². The Hall–Kier alpha value is -2.42. The molecule has 3 nitrogen and oxygen atoms in total. The van der Waals surface area contributed by atoms with E-state index in [0.717, 1.165) is 23.3 Å². The minimum absolute atomic E-state index is 0.00518. The molecule has 0 saturated heterocycles. The molecule has 2 aromatic rings. The van der Waals surface area contributed by atoms with Gasteiger partial charge in [0.05, 0.1) is 11.8 Å². The van der Waals surface area contributed by atoms with Gasteiger partial charge in [0.25, 0.3) is 0 Å². The standard InChI is InChI=1S/C19H20N2O/c1-13-4-8-16(9-5-13)18-12-19(21(20-18)15(3)22)17-10-6-14(2)7-11-17/h4-11,19H,12H2,1-3H3/t19-/m1/s1. The maximum absolute atomic E-state index is 11.9. The summed E-state index contributed by atoms with van der Waals surface area (Å²) in [5, 5.41) is 6.18. The Balaban J connectivity index is 1.92. The van der Waals surface area contributed by atoms with Gasteiger partial charge in [0.2, 0.25) is 5.91 Å². The van der Waals surface area contributed by atoms with E-state index in [2.05, 4.69) is 67.5 Å². The van der Waals surface area contributed by atoms with Gasteiger partial charge in [0, 0.05) is 13.3 Å². The number of amides is 1. The summed E-state index contributed by atoms with van der Waals surface area (Å²) >= 11 is 0. The maximum atomic E-state index is 11.9. The van der Waals surface area contributed by atoms with Crippen molar-refractivity contribution in [1.29, 1.82) is 0 Å². The molecule has 0 bridgehead atoms. The SMILES string of the molecule is CC(=O)N1N=C(c2ccc(C)cc2)C[C@@H]1c1ccc(C)cc1. The van der Waals surface area contributed by atoms with Crippen LogP contribution >= 0.6 is 0 Å². The molecular weight excluding hydrogens is 272 g/mol. The fourth-order valence-electron chi connectivity index (χ4n) is 2.77. The number of benzene rings is 2. The highest BCUT2D eigenvalue weighted by atomic mass is 16.2. The van der Waals surface area contributed by atoms with Crippen molar-refractivity contribution >= 4 is 11.6 Å². The van der Waals surface area contributed by atoms with Crippen LogP contribution in [0.3, 0.4) is 0 Å². The van der Waals surface area contributed by atoms with Crippen molar-refractivity contribution in [1.82, 2.24) is 5.01 Å². The number of hydrogen-bond donors (Lipinski definition) is 0. The van der Waals surface area contributed by atoms with Crippen LogP contribution in [0.5, 0.6) is 0 Å². The summed E-state index contributed by atoms with van der Waals surface area (Å²) in [6, 6.07) is 16.6. The second kappa shape index (κ2) is 5.76. The van der Waals surface area contributed by atoms with E-state index >= 15 is 0 Å². The molecular formula is C19H20N2O. The normalized spacial score (nSPS) is 17.5. The van der Waals surface area contributed by atoms with Gasteiger partial charge in [-0.1, -0.05) is 59.7 Å². The quantitative estimate of drug-likeness (QED) is 0.823. The Kier molecular flexibility index (Phi) is 3.80. The molecule has 22 heavy (non-hydrogen) atoms. The van der Waals surface area contributed by atoms with Gasteiger partial charge < -0.3 is 0 Å². The number of nitrogens with zero attached hydrogens (tertiary/aromatic N) is 2. The first-order valence-corrected chi connectivity index (χ1v) is 7.55. The minimum Gasteiger partial charge on any atom is -0.273 e. The van der Waals surface area contributed by atoms with Crippen molar-refractivity contribution in [3.05, 3.63) is 70.8 Å². The summed E-state index contributed by atoms with van der Waals surface area (Å²) in [6.07, 6.45) is 0.756. The molecule has 0 saturated carbocycles. The van der Waals surface area contributed by atoms with Gasteiger partial charge >= 0.3 is 0 Å². The van der Waals surface area contributed by atoms with Crippen molar-refractivity contribution < 1.29 is 4.79 Å². The monoisotopic (exact) mass is 292 g/mol. The highest BCUT2D eigenvalue weighted by Crippen LogP contribution is 2.32. The number of rotatable bonds is 2. The minimum atomic E-state index is -0.0207. The molecule has 1 aliphatic rings. The van der Waals surface area contributed by atoms with Crippen LogP contribution < -0.4 is 0 Å². The van der Waals surface area contributed by atoms with Crippen molar-refractivity contribution in [3.63, 3.8) is 0 Å².